The van der Waals surface area contributed by atoms with Crippen LogP contribution in [0.2, 0.25) is 10.0 Å². The number of amides is 1. The van der Waals surface area contributed by atoms with E-state index < -0.39 is 23.4 Å². The topological polar surface area (TPSA) is 129 Å². The zero-order valence-corrected chi connectivity index (χ0v) is 26.1. The highest BCUT2D eigenvalue weighted by Gasteiger charge is 2.54. The molecule has 5 rings (SSSR count). The number of carbonyl (C=O) groups excluding carboxylic acids is 1. The number of rotatable bonds is 13. The summed E-state index contributed by atoms with van der Waals surface area (Å²) >= 11 is 13.0. The molecule has 0 aromatic heterocycles. The minimum absolute atomic E-state index is 0.0183. The van der Waals surface area contributed by atoms with Crippen molar-refractivity contribution in [2.75, 3.05) is 13.2 Å². The molecule has 0 unspecified atom stereocenters. The van der Waals surface area contributed by atoms with Crippen LogP contribution in [0.3, 0.4) is 0 Å². The van der Waals surface area contributed by atoms with Crippen LogP contribution in [-0.4, -0.2) is 35.7 Å². The Kier molecular flexibility index (Phi) is 10.8. The number of hydrogen-bond donors (Lipinski definition) is 2. The molecule has 0 saturated carbocycles. The maximum absolute atomic E-state index is 14.6. The molecule has 0 fully saturated rings. The molecule has 1 aliphatic heterocycles. The third-order valence-corrected chi connectivity index (χ3v) is 8.12. The van der Waals surface area contributed by atoms with E-state index in [1.54, 1.807) is 60.7 Å². The van der Waals surface area contributed by atoms with Gasteiger partial charge in [0, 0.05) is 57.6 Å². The molecule has 0 spiro atoms. The summed E-state index contributed by atoms with van der Waals surface area (Å²) in [5.74, 6) is -0.202. The van der Waals surface area contributed by atoms with E-state index in [4.69, 9.17) is 48.3 Å². The number of benzene rings is 4. The molecule has 9 nitrogen and oxygen atoms in total. The van der Waals surface area contributed by atoms with Gasteiger partial charge in [-0.2, -0.15) is 0 Å². The normalized spacial score (nSPS) is 17.0. The van der Waals surface area contributed by atoms with Gasteiger partial charge in [0.15, 0.2) is 11.6 Å². The number of aliphatic hydroxyl groups excluding tert-OH is 1. The van der Waals surface area contributed by atoms with Gasteiger partial charge < -0.3 is 19.9 Å². The monoisotopic (exact) mass is 661 g/mol. The molecule has 0 bridgehead atoms. The molecule has 46 heavy (non-hydrogen) atoms. The summed E-state index contributed by atoms with van der Waals surface area (Å²) in [7, 11) is 0. The van der Waals surface area contributed by atoms with Crippen molar-refractivity contribution in [3.05, 3.63) is 145 Å². The fourth-order valence-electron chi connectivity index (χ4n) is 5.23. The highest BCUT2D eigenvalue weighted by molar-refractivity contribution is 6.35. The van der Waals surface area contributed by atoms with Gasteiger partial charge in [0.2, 0.25) is 5.90 Å². The van der Waals surface area contributed by atoms with Crippen LogP contribution in [0.25, 0.3) is 10.4 Å². The summed E-state index contributed by atoms with van der Waals surface area (Å²) in [6.07, 6.45) is -0.504. The van der Waals surface area contributed by atoms with Gasteiger partial charge in [-0.3, -0.25) is 4.79 Å². The van der Waals surface area contributed by atoms with E-state index in [0.29, 0.717) is 51.6 Å². The van der Waals surface area contributed by atoms with Gasteiger partial charge in [-0.05, 0) is 59.1 Å². The fraction of sp³-hybridized carbons (Fsp3) is 0.235. The van der Waals surface area contributed by atoms with E-state index in [0.717, 1.165) is 0 Å². The maximum atomic E-state index is 14.6. The number of hydrogen-bond acceptors (Lipinski definition) is 6. The van der Waals surface area contributed by atoms with E-state index in [2.05, 4.69) is 15.3 Å². The molecule has 12 heteroatoms. The highest BCUT2D eigenvalue weighted by atomic mass is 35.5. The first-order chi connectivity index (χ1) is 22.3. The van der Waals surface area contributed by atoms with Gasteiger partial charge in [-0.25, -0.2) is 9.38 Å². The number of halogens is 3. The average molecular weight is 663 g/mol. The van der Waals surface area contributed by atoms with Crippen LogP contribution in [0.4, 0.5) is 4.39 Å². The van der Waals surface area contributed by atoms with Crippen molar-refractivity contribution in [3.63, 3.8) is 0 Å². The number of carbonyl (C=O) groups is 1. The Morgan fingerprint density at radius 3 is 2.46 bits per heavy atom. The summed E-state index contributed by atoms with van der Waals surface area (Å²) in [6.45, 7) is 0.329. The van der Waals surface area contributed by atoms with Crippen molar-refractivity contribution in [3.8, 4) is 5.75 Å². The second kappa shape index (κ2) is 15.1. The number of aliphatic imine (C=N–C) groups is 1. The van der Waals surface area contributed by atoms with Gasteiger partial charge in [-0.15, -0.1) is 0 Å². The first kappa shape index (κ1) is 32.8. The largest absolute Gasteiger partial charge is 0.494 e. The average Bonchev–Trinajstić information content (AvgIpc) is 3.44. The van der Waals surface area contributed by atoms with Gasteiger partial charge in [0.05, 0.1) is 13.2 Å². The summed E-state index contributed by atoms with van der Waals surface area (Å²) in [4.78, 5) is 22.4. The molecule has 1 heterocycles. The van der Waals surface area contributed by atoms with Gasteiger partial charge in [0.1, 0.15) is 11.6 Å². The number of nitrogens with one attached hydrogen (secondary N) is 1. The number of azide groups is 1. The van der Waals surface area contributed by atoms with Crippen molar-refractivity contribution in [2.24, 2.45) is 10.1 Å². The molecule has 2 atom stereocenters. The Morgan fingerprint density at radius 2 is 1.76 bits per heavy atom. The van der Waals surface area contributed by atoms with Crippen LogP contribution in [0.1, 0.15) is 40.3 Å². The summed E-state index contributed by atoms with van der Waals surface area (Å²) in [6, 6.07) is 25.4. The van der Waals surface area contributed by atoms with Crippen molar-refractivity contribution in [1.82, 2.24) is 5.32 Å². The first-order valence-electron chi connectivity index (χ1n) is 14.5. The molecule has 0 saturated heterocycles. The van der Waals surface area contributed by atoms with Crippen molar-refractivity contribution < 1.29 is 23.8 Å². The van der Waals surface area contributed by atoms with E-state index in [1.807, 2.05) is 24.3 Å². The number of aliphatic hydroxyl groups is 1. The molecule has 2 N–H and O–H groups in total. The van der Waals surface area contributed by atoms with Gasteiger partial charge in [-0.1, -0.05) is 76.8 Å². The van der Waals surface area contributed by atoms with E-state index >= 15 is 0 Å². The minimum Gasteiger partial charge on any atom is -0.494 e. The second-order valence-electron chi connectivity index (χ2n) is 10.6. The van der Waals surface area contributed by atoms with Crippen molar-refractivity contribution in [1.29, 1.82) is 0 Å². The second-order valence-corrected chi connectivity index (χ2v) is 11.4. The highest BCUT2D eigenvalue weighted by Crippen LogP contribution is 2.45. The fourth-order valence-corrected chi connectivity index (χ4v) is 5.73. The van der Waals surface area contributed by atoms with Crippen LogP contribution >= 0.6 is 23.2 Å². The maximum Gasteiger partial charge on any atom is 0.252 e. The zero-order valence-electron chi connectivity index (χ0n) is 24.6. The van der Waals surface area contributed by atoms with E-state index in [-0.39, 0.29) is 37.0 Å². The molecular formula is C34H30Cl2FN5O4. The summed E-state index contributed by atoms with van der Waals surface area (Å²) < 4.78 is 26.8. The molecule has 0 radical (unpaired) electrons. The van der Waals surface area contributed by atoms with Crippen molar-refractivity contribution in [2.45, 2.75) is 37.6 Å². The van der Waals surface area contributed by atoms with E-state index in [1.165, 1.54) is 6.07 Å². The molecular weight excluding hydrogens is 632 g/mol. The molecule has 4 aromatic carbocycles. The molecule has 4 aromatic rings. The quantitative estimate of drug-likeness (QED) is 0.0664. The Morgan fingerprint density at radius 1 is 1.04 bits per heavy atom. The first-order valence-corrected chi connectivity index (χ1v) is 15.2. The lowest BCUT2D eigenvalue weighted by atomic mass is 9.80. The predicted octanol–water partition coefficient (Wildman–Crippen LogP) is 7.52. The minimum atomic E-state index is -1.64. The number of nitrogens with zero attached hydrogens (tertiary/aromatic N) is 4. The van der Waals surface area contributed by atoms with Crippen LogP contribution in [-0.2, 0) is 29.0 Å². The Bertz CT molecular complexity index is 1780. The Balaban J connectivity index is 1.62. The zero-order chi connectivity index (χ0) is 32.5. The van der Waals surface area contributed by atoms with Gasteiger partial charge >= 0.3 is 0 Å². The smallest absolute Gasteiger partial charge is 0.252 e. The predicted molar refractivity (Wildman–Crippen MR) is 174 cm³/mol. The number of ether oxygens (including phenoxy) is 2. The molecule has 1 aliphatic rings. The SMILES string of the molecule is [N-]=[N+]=NCc1ccccc1C[C@@]1(C(=O)NCc2ccccc2F)N=C(c2ccc(OCCCO)cc2)O[C@@H]1c1ccc(Cl)cc1Cl. The third-order valence-electron chi connectivity index (χ3n) is 7.55. The van der Waals surface area contributed by atoms with Crippen LogP contribution in [0, 0.1) is 5.82 Å². The van der Waals surface area contributed by atoms with Gasteiger partial charge in [0.25, 0.3) is 5.91 Å². The van der Waals surface area contributed by atoms with Crippen molar-refractivity contribution >= 4 is 35.0 Å². The lowest BCUT2D eigenvalue weighted by molar-refractivity contribution is -0.129. The molecule has 0 aliphatic carbocycles. The third kappa shape index (κ3) is 7.43. The van der Waals surface area contributed by atoms with Crippen LogP contribution < -0.4 is 10.1 Å². The standard InChI is InChI=1S/C34H30Cl2FN5O4/c35-26-12-15-28(29(36)18-26)31-34(19-23-6-1-2-7-24(23)21-40-42-38,33(44)39-20-25-8-3-4-9-30(25)37)41-32(46-31)22-10-13-27(14-11-22)45-17-5-16-43/h1-4,6-15,18,31,43H,5,16-17,19-21H2,(H,39,44)/t31-,34-/m1/s1. The lowest BCUT2D eigenvalue weighted by Gasteiger charge is -2.32. The summed E-state index contributed by atoms with van der Waals surface area (Å²) in [5, 5.41) is 16.4. The van der Waals surface area contributed by atoms with Crippen LogP contribution in [0.5, 0.6) is 5.75 Å². The molecule has 236 valence electrons. The van der Waals surface area contributed by atoms with Crippen LogP contribution in [0.15, 0.2) is 101 Å². The Hall–Kier alpha value is -4.60. The lowest BCUT2D eigenvalue weighted by Crippen LogP contribution is -2.50. The summed E-state index contributed by atoms with van der Waals surface area (Å²) in [5.41, 5.74) is 10.1. The van der Waals surface area contributed by atoms with E-state index in [9.17, 15) is 9.18 Å². The Labute approximate surface area is 275 Å². The molecule has 1 amide bonds.